The van der Waals surface area contributed by atoms with E-state index in [4.69, 9.17) is 9.26 Å². The second-order valence-corrected chi connectivity index (χ2v) is 8.73. The molecule has 0 saturated heterocycles. The van der Waals surface area contributed by atoms with Gasteiger partial charge in [-0.3, -0.25) is 4.72 Å². The smallest absolute Gasteiger partial charge is 0.261 e. The van der Waals surface area contributed by atoms with Crippen LogP contribution < -0.4 is 9.46 Å². The van der Waals surface area contributed by atoms with Crippen LogP contribution in [-0.4, -0.2) is 25.2 Å². The quantitative estimate of drug-likeness (QED) is 0.590. The zero-order valence-electron chi connectivity index (χ0n) is 17.0. The van der Waals surface area contributed by atoms with Crippen molar-refractivity contribution in [3.8, 4) is 5.75 Å². The summed E-state index contributed by atoms with van der Waals surface area (Å²) in [7, 11) is -3.69. The lowest BCUT2D eigenvalue weighted by Crippen LogP contribution is -2.13. The highest BCUT2D eigenvalue weighted by Crippen LogP contribution is 2.24. The Balaban J connectivity index is 1.70. The van der Waals surface area contributed by atoms with Gasteiger partial charge in [0.25, 0.3) is 10.0 Å². The van der Waals surface area contributed by atoms with Crippen molar-refractivity contribution in [1.82, 2.24) is 10.1 Å². The Bertz CT molecular complexity index is 1070. The fourth-order valence-electron chi connectivity index (χ4n) is 2.77. The number of sulfonamides is 1. The molecule has 7 nitrogen and oxygen atoms in total. The van der Waals surface area contributed by atoms with Crippen LogP contribution in [0.25, 0.3) is 0 Å². The molecule has 2 aromatic carbocycles. The summed E-state index contributed by atoms with van der Waals surface area (Å²) in [6.07, 6.45) is 0.515. The van der Waals surface area contributed by atoms with E-state index in [0.717, 1.165) is 11.1 Å². The number of aryl methyl sites for hydroxylation is 1. The summed E-state index contributed by atoms with van der Waals surface area (Å²) < 4.78 is 38.6. The van der Waals surface area contributed by atoms with E-state index in [2.05, 4.69) is 14.9 Å². The topological polar surface area (TPSA) is 94.3 Å². The fourth-order valence-corrected chi connectivity index (χ4v) is 3.91. The first-order valence-electron chi connectivity index (χ1n) is 9.46. The van der Waals surface area contributed by atoms with Crippen LogP contribution in [0.2, 0.25) is 0 Å². The van der Waals surface area contributed by atoms with E-state index in [1.807, 2.05) is 39.8 Å². The van der Waals surface area contributed by atoms with E-state index in [-0.39, 0.29) is 10.8 Å². The third kappa shape index (κ3) is 5.14. The van der Waals surface area contributed by atoms with Gasteiger partial charge in [-0.2, -0.15) is 4.98 Å². The number of aromatic nitrogens is 2. The molecule has 3 rings (SSSR count). The molecule has 0 saturated carbocycles. The molecule has 3 aromatic rings. The molecule has 0 aliphatic rings. The average Bonchev–Trinajstić information content (AvgIpc) is 3.14. The molecule has 0 aliphatic heterocycles. The number of anilines is 1. The molecule has 1 aromatic heterocycles. The molecular formula is C21H25N3O4S. The lowest BCUT2D eigenvalue weighted by atomic mass is 10.1. The number of rotatable bonds is 8. The van der Waals surface area contributed by atoms with Gasteiger partial charge >= 0.3 is 0 Å². The SMILES string of the molecule is CCOc1ccc(S(=O)(=O)Nc2ccc(Cc3noc(C(C)C)n3)cc2)cc1C. The molecule has 0 spiro atoms. The average molecular weight is 416 g/mol. The number of hydrogen-bond acceptors (Lipinski definition) is 6. The molecule has 0 unspecified atom stereocenters. The van der Waals surface area contributed by atoms with E-state index < -0.39 is 10.0 Å². The summed E-state index contributed by atoms with van der Waals surface area (Å²) >= 11 is 0. The maximum atomic E-state index is 12.7. The lowest BCUT2D eigenvalue weighted by Gasteiger charge is -2.11. The Morgan fingerprint density at radius 3 is 2.45 bits per heavy atom. The minimum Gasteiger partial charge on any atom is -0.494 e. The first kappa shape index (κ1) is 20.9. The van der Waals surface area contributed by atoms with Crippen LogP contribution in [0.1, 0.15) is 49.5 Å². The molecule has 8 heteroatoms. The monoisotopic (exact) mass is 415 g/mol. The van der Waals surface area contributed by atoms with Crippen molar-refractivity contribution in [2.75, 3.05) is 11.3 Å². The standard InChI is InChI=1S/C21H25N3O4S/c1-5-27-19-11-10-18(12-15(19)4)29(25,26)24-17-8-6-16(7-9-17)13-20-22-21(14(2)3)28-23-20/h6-12,14,24H,5,13H2,1-4H3. The van der Waals surface area contributed by atoms with Gasteiger partial charge < -0.3 is 9.26 Å². The number of ether oxygens (including phenoxy) is 1. The van der Waals surface area contributed by atoms with Crippen molar-refractivity contribution in [2.45, 2.75) is 44.9 Å². The Morgan fingerprint density at radius 2 is 1.86 bits per heavy atom. The summed E-state index contributed by atoms with van der Waals surface area (Å²) in [6.45, 7) is 8.22. The zero-order valence-corrected chi connectivity index (χ0v) is 17.8. The van der Waals surface area contributed by atoms with Gasteiger partial charge in [-0.05, 0) is 55.3 Å². The van der Waals surface area contributed by atoms with Crippen LogP contribution >= 0.6 is 0 Å². The Hall–Kier alpha value is -2.87. The molecule has 1 heterocycles. The lowest BCUT2D eigenvalue weighted by molar-refractivity contribution is 0.337. The van der Waals surface area contributed by atoms with Crippen molar-refractivity contribution < 1.29 is 17.7 Å². The van der Waals surface area contributed by atoms with Crippen LogP contribution in [0.4, 0.5) is 5.69 Å². The van der Waals surface area contributed by atoms with Crippen LogP contribution in [0, 0.1) is 6.92 Å². The highest BCUT2D eigenvalue weighted by molar-refractivity contribution is 7.92. The summed E-state index contributed by atoms with van der Waals surface area (Å²) in [5.74, 6) is 2.07. The highest BCUT2D eigenvalue weighted by Gasteiger charge is 2.16. The largest absolute Gasteiger partial charge is 0.494 e. The van der Waals surface area contributed by atoms with Gasteiger partial charge in [-0.15, -0.1) is 0 Å². The summed E-state index contributed by atoms with van der Waals surface area (Å²) in [5.41, 5.74) is 2.21. The molecule has 154 valence electrons. The van der Waals surface area contributed by atoms with E-state index in [1.54, 1.807) is 24.3 Å². The first-order chi connectivity index (χ1) is 13.8. The number of hydrogen-bond donors (Lipinski definition) is 1. The molecule has 0 fully saturated rings. The Labute approximate surface area is 171 Å². The van der Waals surface area contributed by atoms with Crippen molar-refractivity contribution >= 4 is 15.7 Å². The predicted octanol–water partition coefficient (Wildman–Crippen LogP) is 4.29. The normalized spacial score (nSPS) is 11.6. The van der Waals surface area contributed by atoms with Crippen LogP contribution in [0.5, 0.6) is 5.75 Å². The minimum atomic E-state index is -3.69. The third-order valence-electron chi connectivity index (χ3n) is 4.30. The van der Waals surface area contributed by atoms with Gasteiger partial charge in [0.05, 0.1) is 11.5 Å². The molecule has 1 N–H and O–H groups in total. The summed E-state index contributed by atoms with van der Waals surface area (Å²) in [4.78, 5) is 4.55. The zero-order chi connectivity index (χ0) is 21.0. The van der Waals surface area contributed by atoms with Gasteiger partial charge in [-0.1, -0.05) is 31.1 Å². The summed E-state index contributed by atoms with van der Waals surface area (Å²) in [5, 5.41) is 3.97. The Morgan fingerprint density at radius 1 is 1.14 bits per heavy atom. The first-order valence-corrected chi connectivity index (χ1v) is 10.9. The van der Waals surface area contributed by atoms with Crippen molar-refractivity contribution in [3.63, 3.8) is 0 Å². The predicted molar refractivity (Wildman–Crippen MR) is 111 cm³/mol. The van der Waals surface area contributed by atoms with Crippen LogP contribution in [0.15, 0.2) is 51.9 Å². The molecular weight excluding hydrogens is 390 g/mol. The van der Waals surface area contributed by atoms with E-state index >= 15 is 0 Å². The van der Waals surface area contributed by atoms with E-state index in [9.17, 15) is 8.42 Å². The number of nitrogens with zero attached hydrogens (tertiary/aromatic N) is 2. The maximum absolute atomic E-state index is 12.7. The van der Waals surface area contributed by atoms with Crippen molar-refractivity contribution in [1.29, 1.82) is 0 Å². The van der Waals surface area contributed by atoms with Gasteiger partial charge in [0.2, 0.25) is 5.89 Å². The minimum absolute atomic E-state index is 0.180. The molecule has 0 amide bonds. The van der Waals surface area contributed by atoms with Crippen molar-refractivity contribution in [2.24, 2.45) is 0 Å². The van der Waals surface area contributed by atoms with Gasteiger partial charge in [0.15, 0.2) is 5.82 Å². The van der Waals surface area contributed by atoms with Crippen molar-refractivity contribution in [3.05, 3.63) is 65.3 Å². The molecule has 0 bridgehead atoms. The molecule has 29 heavy (non-hydrogen) atoms. The van der Waals surface area contributed by atoms with Crippen LogP contribution in [0.3, 0.4) is 0 Å². The molecule has 0 radical (unpaired) electrons. The number of benzene rings is 2. The molecule has 0 aliphatic carbocycles. The second kappa shape index (κ2) is 8.65. The maximum Gasteiger partial charge on any atom is 0.261 e. The van der Waals surface area contributed by atoms with Crippen LogP contribution in [-0.2, 0) is 16.4 Å². The molecule has 0 atom stereocenters. The second-order valence-electron chi connectivity index (χ2n) is 7.04. The van der Waals surface area contributed by atoms with Gasteiger partial charge in [0, 0.05) is 18.0 Å². The van der Waals surface area contributed by atoms with Gasteiger partial charge in [-0.25, -0.2) is 8.42 Å². The number of nitrogens with one attached hydrogen (secondary N) is 1. The third-order valence-corrected chi connectivity index (χ3v) is 5.68. The van der Waals surface area contributed by atoms with Gasteiger partial charge in [0.1, 0.15) is 5.75 Å². The highest BCUT2D eigenvalue weighted by atomic mass is 32.2. The summed E-state index contributed by atoms with van der Waals surface area (Å²) in [6, 6.07) is 11.9. The van der Waals surface area contributed by atoms with E-state index in [1.165, 1.54) is 6.07 Å². The van der Waals surface area contributed by atoms with E-state index in [0.29, 0.717) is 36.2 Å². The fraction of sp³-hybridized carbons (Fsp3) is 0.333. The Kier molecular flexibility index (Phi) is 6.22.